The maximum Gasteiger partial charge on any atom is 0.326 e. The Balaban J connectivity index is 1.65. The highest BCUT2D eigenvalue weighted by Gasteiger charge is 2.19. The van der Waals surface area contributed by atoms with Crippen molar-refractivity contribution in [2.75, 3.05) is 24.2 Å². The highest BCUT2D eigenvalue weighted by molar-refractivity contribution is 7.15. The number of rotatable bonds is 2. The molecular formula is C13H15N5OS. The average molecular weight is 289 g/mol. The summed E-state index contributed by atoms with van der Waals surface area (Å²) in [5, 5.41) is 6.07. The number of likely N-dealkylation sites (N-methyl/N-ethyl adjacent to an activating group) is 1. The normalized spacial score (nSPS) is 14.7. The summed E-state index contributed by atoms with van der Waals surface area (Å²) in [6.45, 7) is 1.91. The Hall–Kier alpha value is -1.99. The molecule has 0 aromatic carbocycles. The molecule has 0 atom stereocenters. The molecule has 2 N–H and O–H groups in total. The number of carbonyl (C=O) groups is 1. The molecule has 3 rings (SSSR count). The fourth-order valence-electron chi connectivity index (χ4n) is 2.06. The fraction of sp³-hybridized carbons (Fsp3) is 0.308. The molecule has 0 unspecified atom stereocenters. The molecule has 2 amide bonds. The summed E-state index contributed by atoms with van der Waals surface area (Å²) in [5.41, 5.74) is 1.10. The molecule has 2 aromatic heterocycles. The lowest BCUT2D eigenvalue weighted by Crippen LogP contribution is -2.25. The van der Waals surface area contributed by atoms with E-state index in [1.54, 1.807) is 18.3 Å². The van der Waals surface area contributed by atoms with Gasteiger partial charge < -0.3 is 4.90 Å². The van der Waals surface area contributed by atoms with Crippen LogP contribution in [-0.4, -0.2) is 34.5 Å². The maximum atomic E-state index is 11.9. The molecule has 1 aliphatic rings. The second-order valence-electron chi connectivity index (χ2n) is 4.67. The third-order valence-electron chi connectivity index (χ3n) is 3.05. The minimum absolute atomic E-state index is 0.317. The molecule has 1 aliphatic heterocycles. The van der Waals surface area contributed by atoms with Gasteiger partial charge in [-0.15, -0.1) is 11.3 Å². The van der Waals surface area contributed by atoms with Crippen LogP contribution in [0.5, 0.6) is 0 Å². The van der Waals surface area contributed by atoms with Crippen LogP contribution in [0.4, 0.5) is 15.7 Å². The van der Waals surface area contributed by atoms with Gasteiger partial charge in [-0.3, -0.25) is 10.6 Å². The first-order valence-electron chi connectivity index (χ1n) is 6.37. The zero-order chi connectivity index (χ0) is 13.9. The molecule has 0 spiro atoms. The Morgan fingerprint density at radius 1 is 1.40 bits per heavy atom. The zero-order valence-corrected chi connectivity index (χ0v) is 11.9. The van der Waals surface area contributed by atoms with Crippen molar-refractivity contribution < 1.29 is 4.79 Å². The highest BCUT2D eigenvalue weighted by atomic mass is 32.1. The number of nitrogens with one attached hydrogen (secondary N) is 2. The third-order valence-corrected chi connectivity index (χ3v) is 4.05. The van der Waals surface area contributed by atoms with Gasteiger partial charge >= 0.3 is 6.03 Å². The van der Waals surface area contributed by atoms with Gasteiger partial charge in [0.05, 0.1) is 5.69 Å². The number of thiazole rings is 1. The molecule has 6 nitrogen and oxygen atoms in total. The third kappa shape index (κ3) is 2.94. The van der Waals surface area contributed by atoms with Gasteiger partial charge in [0.25, 0.3) is 0 Å². The molecule has 0 radical (unpaired) electrons. The molecule has 0 saturated heterocycles. The van der Waals surface area contributed by atoms with Gasteiger partial charge in [-0.1, -0.05) is 6.07 Å². The van der Waals surface area contributed by atoms with Crippen molar-refractivity contribution in [3.05, 3.63) is 35.0 Å². The Bertz CT molecular complexity index is 612. The summed E-state index contributed by atoms with van der Waals surface area (Å²) in [7, 11) is 2.09. The van der Waals surface area contributed by atoms with Crippen molar-refractivity contribution >= 4 is 28.3 Å². The van der Waals surface area contributed by atoms with Crippen molar-refractivity contribution in [3.8, 4) is 0 Å². The Kier molecular flexibility index (Phi) is 3.62. The van der Waals surface area contributed by atoms with Gasteiger partial charge in [-0.25, -0.2) is 14.8 Å². The number of nitrogens with zero attached hydrogens (tertiary/aromatic N) is 3. The predicted octanol–water partition coefficient (Wildman–Crippen LogP) is 2.17. The summed E-state index contributed by atoms with van der Waals surface area (Å²) in [5.74, 6) is 0.519. The van der Waals surface area contributed by atoms with E-state index in [4.69, 9.17) is 0 Å². The summed E-state index contributed by atoms with van der Waals surface area (Å²) in [6.07, 6.45) is 2.57. The van der Waals surface area contributed by atoms with Crippen molar-refractivity contribution in [3.63, 3.8) is 0 Å². The van der Waals surface area contributed by atoms with E-state index in [1.165, 1.54) is 16.2 Å². The fourth-order valence-corrected chi connectivity index (χ4v) is 3.14. The topological polar surface area (TPSA) is 70.2 Å². The van der Waals surface area contributed by atoms with Crippen LogP contribution in [0.3, 0.4) is 0 Å². The molecule has 0 aliphatic carbocycles. The average Bonchev–Trinajstić information content (AvgIpc) is 2.80. The summed E-state index contributed by atoms with van der Waals surface area (Å²) in [4.78, 5) is 23.8. The van der Waals surface area contributed by atoms with E-state index in [0.717, 1.165) is 25.2 Å². The Morgan fingerprint density at radius 3 is 3.10 bits per heavy atom. The van der Waals surface area contributed by atoms with Gasteiger partial charge in [-0.2, -0.15) is 0 Å². The van der Waals surface area contributed by atoms with Crippen LogP contribution in [0, 0.1) is 0 Å². The van der Waals surface area contributed by atoms with Gasteiger partial charge in [0, 0.05) is 30.6 Å². The Labute approximate surface area is 120 Å². The molecule has 7 heteroatoms. The number of fused-ring (bicyclic) bond motifs is 1. The SMILES string of the molecule is CN1CCc2nc(NC(=O)Nc3ccccn3)sc2C1. The van der Waals surface area contributed by atoms with E-state index >= 15 is 0 Å². The standard InChI is InChI=1S/C13H15N5OS/c1-18-7-5-9-10(8-18)20-13(15-9)17-12(19)16-11-4-2-3-6-14-11/h2-4,6H,5,7-8H2,1H3,(H2,14,15,16,17,19). The van der Waals surface area contributed by atoms with Crippen molar-refractivity contribution in [1.29, 1.82) is 0 Å². The second-order valence-corrected chi connectivity index (χ2v) is 5.75. The van der Waals surface area contributed by atoms with Crippen molar-refractivity contribution in [2.45, 2.75) is 13.0 Å². The predicted molar refractivity (Wildman–Crippen MR) is 79.0 cm³/mol. The lowest BCUT2D eigenvalue weighted by Gasteiger charge is -2.20. The van der Waals surface area contributed by atoms with Crippen LogP contribution in [0.2, 0.25) is 0 Å². The quantitative estimate of drug-likeness (QED) is 0.889. The van der Waals surface area contributed by atoms with Crippen LogP contribution in [0.25, 0.3) is 0 Å². The smallest absolute Gasteiger partial charge is 0.301 e. The van der Waals surface area contributed by atoms with E-state index in [1.807, 2.05) is 6.07 Å². The molecule has 20 heavy (non-hydrogen) atoms. The number of hydrogen-bond acceptors (Lipinski definition) is 5. The summed E-state index contributed by atoms with van der Waals surface area (Å²) >= 11 is 1.53. The van der Waals surface area contributed by atoms with E-state index in [0.29, 0.717) is 10.9 Å². The molecule has 0 bridgehead atoms. The van der Waals surface area contributed by atoms with Gasteiger partial charge in [0.2, 0.25) is 0 Å². The van der Waals surface area contributed by atoms with Crippen molar-refractivity contribution in [2.24, 2.45) is 0 Å². The number of pyridine rings is 1. The number of carbonyl (C=O) groups excluding carboxylic acids is 1. The van der Waals surface area contributed by atoms with Gasteiger partial charge in [0.15, 0.2) is 5.13 Å². The minimum atomic E-state index is -0.317. The molecule has 104 valence electrons. The second kappa shape index (κ2) is 5.56. The van der Waals surface area contributed by atoms with Gasteiger partial charge in [-0.05, 0) is 19.2 Å². The maximum absolute atomic E-state index is 11.9. The summed E-state index contributed by atoms with van der Waals surface area (Å²) < 4.78 is 0. The minimum Gasteiger partial charge on any atom is -0.301 e. The molecular weight excluding hydrogens is 274 g/mol. The largest absolute Gasteiger partial charge is 0.326 e. The number of hydrogen-bond donors (Lipinski definition) is 2. The van der Waals surface area contributed by atoms with Gasteiger partial charge in [0.1, 0.15) is 5.82 Å². The lowest BCUT2D eigenvalue weighted by molar-refractivity contribution is 0.262. The van der Waals surface area contributed by atoms with E-state index in [2.05, 4.69) is 32.5 Å². The van der Waals surface area contributed by atoms with Crippen LogP contribution in [0.1, 0.15) is 10.6 Å². The lowest BCUT2D eigenvalue weighted by atomic mass is 10.2. The summed E-state index contributed by atoms with van der Waals surface area (Å²) in [6, 6.07) is 5.04. The van der Waals surface area contributed by atoms with Crippen LogP contribution in [0.15, 0.2) is 24.4 Å². The number of urea groups is 1. The zero-order valence-electron chi connectivity index (χ0n) is 11.1. The van der Waals surface area contributed by atoms with E-state index < -0.39 is 0 Å². The highest BCUT2D eigenvalue weighted by Crippen LogP contribution is 2.27. The number of anilines is 2. The molecule has 0 fully saturated rings. The van der Waals surface area contributed by atoms with Crippen LogP contribution in [-0.2, 0) is 13.0 Å². The molecule has 2 aromatic rings. The monoisotopic (exact) mass is 289 g/mol. The molecule has 0 saturated carbocycles. The molecule has 3 heterocycles. The number of aromatic nitrogens is 2. The first-order valence-corrected chi connectivity index (χ1v) is 7.18. The van der Waals surface area contributed by atoms with Crippen LogP contribution >= 0.6 is 11.3 Å². The van der Waals surface area contributed by atoms with E-state index in [-0.39, 0.29) is 6.03 Å². The first kappa shape index (κ1) is 13.0. The van der Waals surface area contributed by atoms with Crippen molar-refractivity contribution in [1.82, 2.24) is 14.9 Å². The first-order chi connectivity index (χ1) is 9.70. The van der Waals surface area contributed by atoms with E-state index in [9.17, 15) is 4.79 Å². The Morgan fingerprint density at radius 2 is 2.30 bits per heavy atom. The number of amides is 2. The van der Waals surface area contributed by atoms with Crippen LogP contribution < -0.4 is 10.6 Å².